The van der Waals surface area contributed by atoms with Crippen molar-refractivity contribution >= 4 is 33.5 Å². The summed E-state index contributed by atoms with van der Waals surface area (Å²) in [5, 5.41) is 5.62. The first kappa shape index (κ1) is 35.3. The van der Waals surface area contributed by atoms with Crippen LogP contribution in [0.25, 0.3) is 6.08 Å². The lowest BCUT2D eigenvalue weighted by Crippen LogP contribution is -2.50. The van der Waals surface area contributed by atoms with Crippen molar-refractivity contribution in [1.29, 1.82) is 0 Å². The molecule has 45 heavy (non-hydrogen) atoms. The SMILES string of the molecule is Cc1cc(N(CCF)OC(C)(C)C)cc(C)c1/C=C/S(=O)(=O)N1CCC2(CC1)N=C(C1CCC(CCC(F)(F)F)CC1)NC2=O. The highest BCUT2D eigenvalue weighted by molar-refractivity contribution is 7.92. The average Bonchev–Trinajstić information content (AvgIpc) is 3.25. The van der Waals surface area contributed by atoms with Gasteiger partial charge in [-0.05, 0) is 120 Å². The smallest absolute Gasteiger partial charge is 0.312 e. The van der Waals surface area contributed by atoms with Gasteiger partial charge in [0.1, 0.15) is 18.0 Å². The fourth-order valence-corrected chi connectivity index (χ4v) is 7.68. The molecule has 4 rings (SSSR count). The fraction of sp³-hybridized carbons (Fsp3) is 0.688. The number of benzene rings is 1. The van der Waals surface area contributed by atoms with Crippen molar-refractivity contribution < 1.29 is 35.6 Å². The number of aliphatic imine (C=N–C) groups is 1. The van der Waals surface area contributed by atoms with Gasteiger partial charge in [0.2, 0.25) is 10.0 Å². The number of hydrogen-bond acceptors (Lipinski definition) is 6. The molecule has 1 N–H and O–H groups in total. The van der Waals surface area contributed by atoms with Gasteiger partial charge in [0.15, 0.2) is 0 Å². The summed E-state index contributed by atoms with van der Waals surface area (Å²) >= 11 is 0. The first-order chi connectivity index (χ1) is 20.9. The van der Waals surface area contributed by atoms with Gasteiger partial charge >= 0.3 is 6.18 Å². The Kier molecular flexibility index (Phi) is 10.8. The molecule has 0 atom stereocenters. The zero-order chi connectivity index (χ0) is 33.2. The molecule has 1 aromatic carbocycles. The molecule has 0 unspecified atom stereocenters. The number of alkyl halides is 4. The third-order valence-electron chi connectivity index (χ3n) is 8.92. The number of amidine groups is 1. The van der Waals surface area contributed by atoms with Gasteiger partial charge in [-0.2, -0.15) is 17.5 Å². The minimum Gasteiger partial charge on any atom is -0.312 e. The van der Waals surface area contributed by atoms with E-state index in [4.69, 9.17) is 9.83 Å². The van der Waals surface area contributed by atoms with Crippen LogP contribution in [0.4, 0.5) is 23.2 Å². The summed E-state index contributed by atoms with van der Waals surface area (Å²) < 4.78 is 79.0. The Hall–Kier alpha value is -2.51. The van der Waals surface area contributed by atoms with E-state index in [0.29, 0.717) is 37.2 Å². The molecule has 1 aliphatic carbocycles. The van der Waals surface area contributed by atoms with Gasteiger partial charge in [-0.1, -0.05) is 0 Å². The molecule has 3 aliphatic rings. The summed E-state index contributed by atoms with van der Waals surface area (Å²) in [4.78, 5) is 23.8. The van der Waals surface area contributed by atoms with Gasteiger partial charge in [0.05, 0.1) is 17.8 Å². The number of carbonyl (C=O) groups is 1. The largest absolute Gasteiger partial charge is 0.389 e. The van der Waals surface area contributed by atoms with Crippen LogP contribution in [0.1, 0.15) is 88.8 Å². The number of sulfonamides is 1. The maximum atomic E-state index is 13.3. The van der Waals surface area contributed by atoms with Crippen molar-refractivity contribution in [2.45, 2.75) is 103 Å². The Labute approximate surface area is 264 Å². The van der Waals surface area contributed by atoms with Crippen LogP contribution in [0.5, 0.6) is 0 Å². The number of amides is 1. The van der Waals surface area contributed by atoms with E-state index in [1.807, 2.05) is 46.8 Å². The molecule has 2 heterocycles. The molecule has 1 amide bonds. The van der Waals surface area contributed by atoms with Crippen LogP contribution >= 0.6 is 0 Å². The van der Waals surface area contributed by atoms with E-state index in [9.17, 15) is 30.8 Å². The second kappa shape index (κ2) is 13.7. The molecule has 1 saturated heterocycles. The van der Waals surface area contributed by atoms with E-state index in [1.54, 1.807) is 6.08 Å². The predicted octanol–water partition coefficient (Wildman–Crippen LogP) is 6.62. The molecule has 252 valence electrons. The molecule has 8 nitrogen and oxygen atoms in total. The third kappa shape index (κ3) is 9.06. The van der Waals surface area contributed by atoms with Crippen LogP contribution in [0.3, 0.4) is 0 Å². The summed E-state index contributed by atoms with van der Waals surface area (Å²) in [5.41, 5.74) is 1.52. The minimum atomic E-state index is -4.14. The molecule has 1 saturated carbocycles. The molecule has 2 fully saturated rings. The van der Waals surface area contributed by atoms with Crippen LogP contribution in [0, 0.1) is 25.7 Å². The summed E-state index contributed by atoms with van der Waals surface area (Å²) in [6.45, 7) is 9.12. The summed E-state index contributed by atoms with van der Waals surface area (Å²) in [5.74, 6) is 0.396. The molecular weight excluding hydrogens is 612 g/mol. The quantitative estimate of drug-likeness (QED) is 0.225. The van der Waals surface area contributed by atoms with Gasteiger partial charge in [-0.3, -0.25) is 19.7 Å². The number of anilines is 1. The molecule has 13 heteroatoms. The molecule has 1 aromatic rings. The molecule has 0 bridgehead atoms. The second-order valence-corrected chi connectivity index (χ2v) is 15.4. The molecule has 0 radical (unpaired) electrons. The van der Waals surface area contributed by atoms with Gasteiger partial charge in [0, 0.05) is 30.8 Å². The van der Waals surface area contributed by atoms with E-state index in [1.165, 1.54) is 14.8 Å². The lowest BCUT2D eigenvalue weighted by atomic mass is 9.79. The first-order valence-electron chi connectivity index (χ1n) is 15.7. The number of hydrogen-bond donors (Lipinski definition) is 1. The Balaban J connectivity index is 1.38. The van der Waals surface area contributed by atoms with E-state index in [-0.39, 0.29) is 56.6 Å². The molecule has 0 aromatic heterocycles. The fourth-order valence-electron chi connectivity index (χ4n) is 6.51. The maximum absolute atomic E-state index is 13.3. The average molecular weight is 659 g/mol. The van der Waals surface area contributed by atoms with Gasteiger partial charge in [-0.15, -0.1) is 0 Å². The number of piperidine rings is 1. The highest BCUT2D eigenvalue weighted by Gasteiger charge is 2.48. The maximum Gasteiger partial charge on any atom is 0.389 e. The standard InChI is InChI=1S/C32H46F4N4O4S/c1-22-20-26(40(18-15-33)44-30(3,4)5)21-23(2)27(22)11-19-45(42,43)39-16-13-31(14-17-39)29(41)37-28(38-31)25-8-6-24(7-9-25)10-12-32(34,35)36/h11,19-21,24-25H,6-10,12-18H2,1-5H3,(H,37,38,41)/b19-11+. The Morgan fingerprint density at radius 3 is 2.22 bits per heavy atom. The van der Waals surface area contributed by atoms with Gasteiger partial charge < -0.3 is 5.32 Å². The zero-order valence-electron chi connectivity index (χ0n) is 26.8. The molecule has 2 aliphatic heterocycles. The van der Waals surface area contributed by atoms with Crippen molar-refractivity contribution in [3.8, 4) is 0 Å². The number of halogens is 4. The van der Waals surface area contributed by atoms with Gasteiger partial charge in [0.25, 0.3) is 5.91 Å². The van der Waals surface area contributed by atoms with Crippen LogP contribution in [0.2, 0.25) is 0 Å². The first-order valence-corrected chi connectivity index (χ1v) is 17.2. The van der Waals surface area contributed by atoms with Crippen molar-refractivity contribution in [1.82, 2.24) is 9.62 Å². The number of nitrogens with zero attached hydrogens (tertiary/aromatic N) is 3. The lowest BCUT2D eigenvalue weighted by Gasteiger charge is -2.34. The highest BCUT2D eigenvalue weighted by atomic mass is 32.2. The minimum absolute atomic E-state index is 0.00195. The topological polar surface area (TPSA) is 91.3 Å². The predicted molar refractivity (Wildman–Crippen MR) is 168 cm³/mol. The number of nitrogens with one attached hydrogen (secondary N) is 1. The number of carbonyl (C=O) groups excluding carboxylic acids is 1. The van der Waals surface area contributed by atoms with E-state index < -0.39 is 40.4 Å². The van der Waals surface area contributed by atoms with Crippen LogP contribution in [-0.4, -0.2) is 68.1 Å². The van der Waals surface area contributed by atoms with Gasteiger partial charge in [-0.25, -0.2) is 12.8 Å². The summed E-state index contributed by atoms with van der Waals surface area (Å²) in [6.07, 6.45) is -0.00214. The zero-order valence-corrected chi connectivity index (χ0v) is 27.7. The van der Waals surface area contributed by atoms with E-state index in [0.717, 1.165) is 16.7 Å². The van der Waals surface area contributed by atoms with Crippen molar-refractivity contribution in [3.05, 3.63) is 34.2 Å². The number of rotatable bonds is 10. The Morgan fingerprint density at radius 1 is 1.09 bits per heavy atom. The Bertz CT molecular complexity index is 1370. The third-order valence-corrected chi connectivity index (χ3v) is 10.5. The number of hydroxylamine groups is 1. The molecule has 1 spiro atoms. The summed E-state index contributed by atoms with van der Waals surface area (Å²) in [7, 11) is -3.79. The van der Waals surface area contributed by atoms with Crippen LogP contribution in [-0.2, 0) is 19.7 Å². The second-order valence-electron chi connectivity index (χ2n) is 13.6. The van der Waals surface area contributed by atoms with E-state index >= 15 is 0 Å². The summed E-state index contributed by atoms with van der Waals surface area (Å²) in [6, 6.07) is 3.68. The normalized spacial score (nSPS) is 23.0. The van der Waals surface area contributed by atoms with Crippen LogP contribution in [0.15, 0.2) is 22.5 Å². The van der Waals surface area contributed by atoms with Crippen molar-refractivity contribution in [2.24, 2.45) is 16.8 Å². The monoisotopic (exact) mass is 658 g/mol. The van der Waals surface area contributed by atoms with Crippen molar-refractivity contribution in [2.75, 3.05) is 31.4 Å². The van der Waals surface area contributed by atoms with E-state index in [2.05, 4.69) is 5.32 Å². The number of aryl methyl sites for hydroxylation is 2. The lowest BCUT2D eigenvalue weighted by molar-refractivity contribution is -0.138. The van der Waals surface area contributed by atoms with Crippen molar-refractivity contribution in [3.63, 3.8) is 0 Å². The Morgan fingerprint density at radius 2 is 1.69 bits per heavy atom. The highest BCUT2D eigenvalue weighted by Crippen LogP contribution is 2.38. The molecular formula is C32H46F4N4O4S. The van der Waals surface area contributed by atoms with Crippen LogP contribution < -0.4 is 10.4 Å².